The van der Waals surface area contributed by atoms with Crippen molar-refractivity contribution in [3.05, 3.63) is 90.0 Å². The maximum absolute atomic E-state index is 13.1. The number of nitrogens with zero attached hydrogens (tertiary/aromatic N) is 1. The Labute approximate surface area is 241 Å². The molecule has 1 atom stereocenters. The number of ether oxygens (including phenoxy) is 3. The molecule has 0 spiro atoms. The Bertz CT molecular complexity index is 1240. The molecule has 1 amide bonds. The van der Waals surface area contributed by atoms with Crippen molar-refractivity contribution in [3.8, 4) is 11.5 Å². The average molecular weight is 592 g/mol. The first kappa shape index (κ1) is 31.8. The van der Waals surface area contributed by atoms with Crippen molar-refractivity contribution in [1.82, 2.24) is 4.90 Å². The summed E-state index contributed by atoms with van der Waals surface area (Å²) in [6.07, 6.45) is -5.44. The average Bonchev–Trinajstić information content (AvgIpc) is 2.95. The third-order valence-electron chi connectivity index (χ3n) is 5.83. The molecule has 3 aromatic rings. The van der Waals surface area contributed by atoms with Crippen LogP contribution in [0.15, 0.2) is 83.8 Å². The lowest BCUT2D eigenvalue weighted by Crippen LogP contribution is -2.37. The molecule has 0 fully saturated rings. The first-order valence-electron chi connectivity index (χ1n) is 13.0. The van der Waals surface area contributed by atoms with E-state index in [9.17, 15) is 27.9 Å². The Kier molecular flexibility index (Phi) is 12.4. The Morgan fingerprint density at radius 1 is 0.951 bits per heavy atom. The molecule has 3 aromatic carbocycles. The molecule has 0 aromatic heterocycles. The second-order valence-electron chi connectivity index (χ2n) is 8.87. The highest BCUT2D eigenvalue weighted by Crippen LogP contribution is 2.31. The smallest absolute Gasteiger partial charge is 0.416 e. The summed E-state index contributed by atoms with van der Waals surface area (Å²) in [5.41, 5.74) is -0.142. The summed E-state index contributed by atoms with van der Waals surface area (Å²) in [5.74, 6) is 0.00435. The van der Waals surface area contributed by atoms with Crippen LogP contribution in [0.25, 0.3) is 0 Å². The normalized spacial score (nSPS) is 12.0. The van der Waals surface area contributed by atoms with Gasteiger partial charge in [0.1, 0.15) is 18.1 Å². The predicted molar refractivity (Wildman–Crippen MR) is 150 cm³/mol. The van der Waals surface area contributed by atoms with Crippen LogP contribution in [0.1, 0.15) is 24.5 Å². The maximum Gasteiger partial charge on any atom is 0.416 e. The number of hydrogen-bond donors (Lipinski definition) is 1. The van der Waals surface area contributed by atoms with E-state index in [0.717, 1.165) is 28.3 Å². The zero-order valence-electron chi connectivity index (χ0n) is 22.5. The van der Waals surface area contributed by atoms with Crippen molar-refractivity contribution in [2.75, 3.05) is 32.1 Å². The molecule has 1 N–H and O–H groups in total. The molecule has 1 unspecified atom stereocenters. The molecule has 0 heterocycles. The first-order chi connectivity index (χ1) is 19.7. The third-order valence-corrected chi connectivity index (χ3v) is 6.92. The zero-order chi connectivity index (χ0) is 29.7. The van der Waals surface area contributed by atoms with Gasteiger partial charge >= 0.3 is 18.2 Å². The van der Waals surface area contributed by atoms with Crippen LogP contribution in [-0.2, 0) is 22.1 Å². The maximum atomic E-state index is 13.1. The lowest BCUT2D eigenvalue weighted by atomic mass is 10.1. The minimum atomic E-state index is -4.56. The Hall–Kier alpha value is -3.70. The van der Waals surface area contributed by atoms with Gasteiger partial charge in [0, 0.05) is 24.5 Å². The number of alkyl halides is 3. The number of carbonyl (C=O) groups excluding carboxylic acids is 1. The molecule has 0 aliphatic rings. The van der Waals surface area contributed by atoms with E-state index in [-0.39, 0.29) is 31.9 Å². The summed E-state index contributed by atoms with van der Waals surface area (Å²) >= 11 is 1.63. The van der Waals surface area contributed by atoms with Crippen LogP contribution in [0.5, 0.6) is 11.5 Å². The van der Waals surface area contributed by atoms with E-state index in [2.05, 4.69) is 0 Å². The van der Waals surface area contributed by atoms with Gasteiger partial charge in [0.25, 0.3) is 0 Å². The lowest BCUT2D eigenvalue weighted by Gasteiger charge is -2.22. The van der Waals surface area contributed by atoms with E-state index < -0.39 is 29.9 Å². The molecule has 3 rings (SSSR count). The fraction of sp³-hybridized carbons (Fsp3) is 0.333. The Morgan fingerprint density at radius 2 is 1.68 bits per heavy atom. The number of carboxylic acids is 1. The summed E-state index contributed by atoms with van der Waals surface area (Å²) < 4.78 is 55.6. The second kappa shape index (κ2) is 15.9. The molecule has 11 heteroatoms. The molecule has 0 aliphatic carbocycles. The number of hydrogen-bond acceptors (Lipinski definition) is 6. The standard InChI is InChI=1S/C30H32F3NO6S/c1-2-38-27(28(35)36)20-22-12-14-24(15-13-22)39-18-17-34(16-7-19-41-26-10-4-3-5-11-26)29(37)40-25-9-6-8-23(21-25)30(31,32)33/h3-6,8-15,21,27H,2,7,16-20H2,1H3,(H,35,36). The number of aliphatic carboxylic acids is 1. The molecule has 0 radical (unpaired) electrons. The van der Waals surface area contributed by atoms with Gasteiger partial charge in [-0.25, -0.2) is 9.59 Å². The minimum absolute atomic E-state index is 0.111. The van der Waals surface area contributed by atoms with Gasteiger partial charge in [0.2, 0.25) is 0 Å². The molecule has 7 nitrogen and oxygen atoms in total. The van der Waals surface area contributed by atoms with Gasteiger partial charge in [-0.3, -0.25) is 0 Å². The van der Waals surface area contributed by atoms with Crippen molar-refractivity contribution in [1.29, 1.82) is 0 Å². The topological polar surface area (TPSA) is 85.3 Å². The Morgan fingerprint density at radius 3 is 2.34 bits per heavy atom. The molecule has 0 aliphatic heterocycles. The largest absolute Gasteiger partial charge is 0.492 e. The van der Waals surface area contributed by atoms with Crippen LogP contribution in [0, 0.1) is 0 Å². The number of amides is 1. The number of carbonyl (C=O) groups is 2. The molecule has 220 valence electrons. The number of thioether (sulfide) groups is 1. The summed E-state index contributed by atoms with van der Waals surface area (Å²) in [7, 11) is 0. The van der Waals surface area contributed by atoms with Gasteiger partial charge < -0.3 is 24.2 Å². The third kappa shape index (κ3) is 11.0. The van der Waals surface area contributed by atoms with Crippen molar-refractivity contribution < 1.29 is 42.1 Å². The van der Waals surface area contributed by atoms with Crippen LogP contribution in [-0.4, -0.2) is 60.2 Å². The van der Waals surface area contributed by atoms with Crippen LogP contribution < -0.4 is 9.47 Å². The van der Waals surface area contributed by atoms with Gasteiger partial charge in [-0.15, -0.1) is 11.8 Å². The molecule has 41 heavy (non-hydrogen) atoms. The lowest BCUT2D eigenvalue weighted by molar-refractivity contribution is -0.150. The highest BCUT2D eigenvalue weighted by atomic mass is 32.2. The van der Waals surface area contributed by atoms with Crippen LogP contribution in [0.2, 0.25) is 0 Å². The van der Waals surface area contributed by atoms with E-state index in [4.69, 9.17) is 14.2 Å². The number of benzene rings is 3. The molecular formula is C30H32F3NO6S. The monoisotopic (exact) mass is 591 g/mol. The van der Waals surface area contributed by atoms with Crippen LogP contribution in [0.3, 0.4) is 0 Å². The Balaban J connectivity index is 1.58. The molecule has 0 saturated carbocycles. The highest BCUT2D eigenvalue weighted by Gasteiger charge is 2.31. The molecular weight excluding hydrogens is 559 g/mol. The van der Waals surface area contributed by atoms with Gasteiger partial charge in [0.15, 0.2) is 6.10 Å². The number of halogens is 3. The summed E-state index contributed by atoms with van der Waals surface area (Å²) in [4.78, 5) is 26.7. The van der Waals surface area contributed by atoms with E-state index in [1.54, 1.807) is 43.0 Å². The van der Waals surface area contributed by atoms with Crippen molar-refractivity contribution in [2.24, 2.45) is 0 Å². The summed E-state index contributed by atoms with van der Waals surface area (Å²) in [6.45, 7) is 2.58. The van der Waals surface area contributed by atoms with Crippen molar-refractivity contribution in [3.63, 3.8) is 0 Å². The van der Waals surface area contributed by atoms with Gasteiger partial charge in [-0.05, 0) is 67.1 Å². The second-order valence-corrected chi connectivity index (χ2v) is 10.0. The van der Waals surface area contributed by atoms with E-state index in [1.807, 2.05) is 30.3 Å². The number of rotatable bonds is 15. The molecule has 0 bridgehead atoms. The molecule has 0 saturated heterocycles. The fourth-order valence-corrected chi connectivity index (χ4v) is 4.64. The summed E-state index contributed by atoms with van der Waals surface area (Å²) in [6, 6.07) is 20.8. The van der Waals surface area contributed by atoms with Gasteiger partial charge in [-0.1, -0.05) is 36.4 Å². The van der Waals surface area contributed by atoms with Crippen molar-refractivity contribution in [2.45, 2.75) is 36.9 Å². The van der Waals surface area contributed by atoms with Crippen LogP contribution in [0.4, 0.5) is 18.0 Å². The zero-order valence-corrected chi connectivity index (χ0v) is 23.3. The highest BCUT2D eigenvalue weighted by molar-refractivity contribution is 7.99. The first-order valence-corrected chi connectivity index (χ1v) is 14.0. The fourth-order valence-electron chi connectivity index (χ4n) is 3.79. The van der Waals surface area contributed by atoms with Crippen molar-refractivity contribution >= 4 is 23.8 Å². The van der Waals surface area contributed by atoms with E-state index in [1.165, 1.54) is 17.0 Å². The van der Waals surface area contributed by atoms with Gasteiger partial charge in [0.05, 0.1) is 12.1 Å². The minimum Gasteiger partial charge on any atom is -0.492 e. The van der Waals surface area contributed by atoms with E-state index in [0.29, 0.717) is 18.7 Å². The summed E-state index contributed by atoms with van der Waals surface area (Å²) in [5, 5.41) is 9.27. The van der Waals surface area contributed by atoms with Crippen LogP contribution >= 0.6 is 11.8 Å². The quantitative estimate of drug-likeness (QED) is 0.154. The predicted octanol–water partition coefficient (Wildman–Crippen LogP) is 6.80. The SMILES string of the molecule is CCOC(Cc1ccc(OCCN(CCCSc2ccccc2)C(=O)Oc2cccc(C(F)(F)F)c2)cc1)C(=O)O. The van der Waals surface area contributed by atoms with E-state index >= 15 is 0 Å². The number of carboxylic acid groups (broad SMARTS) is 1. The van der Waals surface area contributed by atoms with Gasteiger partial charge in [-0.2, -0.15) is 13.2 Å².